The number of aromatic nitrogens is 4. The number of rotatable bonds is 2. The monoisotopic (exact) mass is 327 g/mol. The van der Waals surface area contributed by atoms with Crippen molar-refractivity contribution in [3.05, 3.63) is 46.7 Å². The van der Waals surface area contributed by atoms with Gasteiger partial charge in [0.1, 0.15) is 17.5 Å². The van der Waals surface area contributed by atoms with Crippen LogP contribution in [0.25, 0.3) is 23.1 Å². The fourth-order valence-electron chi connectivity index (χ4n) is 1.56. The van der Waals surface area contributed by atoms with Gasteiger partial charge in [0, 0.05) is 16.9 Å². The lowest BCUT2D eigenvalue weighted by Gasteiger charge is -1.95. The van der Waals surface area contributed by atoms with Gasteiger partial charge >= 0.3 is 0 Å². The van der Waals surface area contributed by atoms with Gasteiger partial charge in [-0.3, -0.25) is 4.98 Å². The van der Waals surface area contributed by atoms with Gasteiger partial charge in [-0.25, -0.2) is 4.98 Å². The summed E-state index contributed by atoms with van der Waals surface area (Å²) in [5, 5.41) is 12.6. The van der Waals surface area contributed by atoms with E-state index in [-0.39, 0.29) is 5.89 Å². The van der Waals surface area contributed by atoms with Gasteiger partial charge in [-0.2, -0.15) is 10.2 Å². The molecule has 96 valence electrons. The fourth-order valence-corrected chi connectivity index (χ4v) is 1.99. The summed E-state index contributed by atoms with van der Waals surface area (Å²) < 4.78 is 5.94. The van der Waals surface area contributed by atoms with Crippen LogP contribution in [0.15, 0.2) is 45.7 Å². The van der Waals surface area contributed by atoms with Gasteiger partial charge in [0.15, 0.2) is 0 Å². The van der Waals surface area contributed by atoms with E-state index >= 15 is 0 Å². The lowest BCUT2D eigenvalue weighted by molar-refractivity contribution is 0.430. The summed E-state index contributed by atoms with van der Waals surface area (Å²) in [5.41, 5.74) is 1.58. The quantitative estimate of drug-likeness (QED) is 0.719. The molecule has 3 heterocycles. The second-order valence-electron chi connectivity index (χ2n) is 3.80. The summed E-state index contributed by atoms with van der Waals surface area (Å²) in [4.78, 5) is 12.5. The van der Waals surface area contributed by atoms with Crippen LogP contribution in [0, 0.1) is 11.3 Å². The number of halogens is 1. The van der Waals surface area contributed by atoms with Crippen molar-refractivity contribution in [3.63, 3.8) is 0 Å². The van der Waals surface area contributed by atoms with Crippen LogP contribution in [-0.4, -0.2) is 20.1 Å². The zero-order valence-corrected chi connectivity index (χ0v) is 11.6. The highest BCUT2D eigenvalue weighted by Crippen LogP contribution is 2.25. The highest BCUT2D eigenvalue weighted by atomic mass is 79.9. The second kappa shape index (κ2) is 5.19. The number of nitriles is 1. The van der Waals surface area contributed by atoms with E-state index in [9.17, 15) is 0 Å². The molecule has 0 amide bonds. The fraction of sp³-hybridized carbons (Fsp3) is 0. The van der Waals surface area contributed by atoms with Gasteiger partial charge in [0.2, 0.25) is 5.82 Å². The maximum atomic E-state index is 8.73. The lowest BCUT2D eigenvalue weighted by Crippen LogP contribution is -1.88. The summed E-state index contributed by atoms with van der Waals surface area (Å²) in [6.07, 6.45) is 3.10. The first-order valence-electron chi connectivity index (χ1n) is 5.59. The Balaban J connectivity index is 1.98. The molecule has 0 aliphatic carbocycles. The molecule has 0 unspecified atom stereocenters. The summed E-state index contributed by atoms with van der Waals surface area (Å²) in [6, 6.07) is 8.94. The molecule has 0 spiro atoms. The molecule has 0 atom stereocenters. The molecule has 0 N–H and O–H groups in total. The lowest BCUT2D eigenvalue weighted by atomic mass is 10.2. The minimum atomic E-state index is 0.280. The van der Waals surface area contributed by atoms with Gasteiger partial charge in [0.05, 0.1) is 5.56 Å². The minimum absolute atomic E-state index is 0.280. The van der Waals surface area contributed by atoms with Crippen molar-refractivity contribution in [2.45, 2.75) is 0 Å². The van der Waals surface area contributed by atoms with Crippen molar-refractivity contribution in [1.29, 1.82) is 5.26 Å². The molecule has 6 nitrogen and oxygen atoms in total. The molecule has 0 fully saturated rings. The zero-order chi connectivity index (χ0) is 13.9. The van der Waals surface area contributed by atoms with Crippen LogP contribution in [0.4, 0.5) is 0 Å². The van der Waals surface area contributed by atoms with Crippen LogP contribution < -0.4 is 0 Å². The minimum Gasteiger partial charge on any atom is -0.332 e. The van der Waals surface area contributed by atoms with E-state index in [0.29, 0.717) is 22.8 Å². The molecule has 20 heavy (non-hydrogen) atoms. The Morgan fingerprint density at radius 1 is 1.20 bits per heavy atom. The van der Waals surface area contributed by atoms with Gasteiger partial charge < -0.3 is 4.52 Å². The topological polar surface area (TPSA) is 88.5 Å². The second-order valence-corrected chi connectivity index (χ2v) is 4.66. The van der Waals surface area contributed by atoms with E-state index in [0.717, 1.165) is 4.47 Å². The van der Waals surface area contributed by atoms with Crippen LogP contribution in [0.2, 0.25) is 0 Å². The van der Waals surface area contributed by atoms with Crippen molar-refractivity contribution >= 4 is 15.9 Å². The third-order valence-corrected chi connectivity index (χ3v) is 3.15. The van der Waals surface area contributed by atoms with Crippen LogP contribution in [-0.2, 0) is 0 Å². The van der Waals surface area contributed by atoms with Crippen molar-refractivity contribution in [3.8, 4) is 29.2 Å². The zero-order valence-electron chi connectivity index (χ0n) is 9.99. The predicted molar refractivity (Wildman–Crippen MR) is 73.2 cm³/mol. The van der Waals surface area contributed by atoms with E-state index < -0.39 is 0 Å². The Kier molecular flexibility index (Phi) is 3.23. The van der Waals surface area contributed by atoms with E-state index in [2.05, 4.69) is 36.0 Å². The van der Waals surface area contributed by atoms with Crippen LogP contribution >= 0.6 is 15.9 Å². The maximum absolute atomic E-state index is 8.73. The molecular weight excluding hydrogens is 322 g/mol. The third-order valence-electron chi connectivity index (χ3n) is 2.51. The first-order valence-corrected chi connectivity index (χ1v) is 6.38. The summed E-state index contributed by atoms with van der Waals surface area (Å²) in [7, 11) is 0. The van der Waals surface area contributed by atoms with Gasteiger partial charge in [-0.15, -0.1) is 0 Å². The summed E-state index contributed by atoms with van der Waals surface area (Å²) in [5.74, 6) is 0.653. The van der Waals surface area contributed by atoms with Crippen molar-refractivity contribution in [2.24, 2.45) is 0 Å². The molecule has 3 aromatic heterocycles. The molecule has 0 aliphatic rings. The number of hydrogen-bond acceptors (Lipinski definition) is 6. The molecule has 0 bridgehead atoms. The maximum Gasteiger partial charge on any atom is 0.276 e. The van der Waals surface area contributed by atoms with E-state index in [4.69, 9.17) is 9.78 Å². The molecule has 0 saturated carbocycles. The highest BCUT2D eigenvalue weighted by molar-refractivity contribution is 9.10. The average Bonchev–Trinajstić information content (AvgIpc) is 2.97. The van der Waals surface area contributed by atoms with Crippen molar-refractivity contribution in [2.75, 3.05) is 0 Å². The molecule has 7 heteroatoms. The molecule has 0 aliphatic heterocycles. The smallest absolute Gasteiger partial charge is 0.276 e. The Morgan fingerprint density at radius 2 is 2.10 bits per heavy atom. The van der Waals surface area contributed by atoms with Crippen LogP contribution in [0.3, 0.4) is 0 Å². The van der Waals surface area contributed by atoms with E-state index in [1.54, 1.807) is 24.4 Å². The Labute approximate surface area is 122 Å². The van der Waals surface area contributed by atoms with Crippen LogP contribution in [0.5, 0.6) is 0 Å². The molecule has 0 radical (unpaired) electrons. The number of nitrogens with zero attached hydrogens (tertiary/aromatic N) is 5. The molecule has 0 saturated heterocycles. The van der Waals surface area contributed by atoms with Crippen LogP contribution in [0.1, 0.15) is 5.56 Å². The van der Waals surface area contributed by atoms with Gasteiger partial charge in [0.25, 0.3) is 5.89 Å². The Bertz CT molecular complexity index is 791. The molecule has 3 rings (SSSR count). The van der Waals surface area contributed by atoms with E-state index in [1.165, 1.54) is 6.20 Å². The van der Waals surface area contributed by atoms with Gasteiger partial charge in [-0.05, 0) is 40.2 Å². The standard InChI is InChI=1S/C13H6BrN5O/c14-9-2-1-5-16-11(9)12-18-13(20-19-12)10-4-3-8(6-15)7-17-10/h1-5,7H. The molecule has 3 aromatic rings. The number of pyridine rings is 2. The summed E-state index contributed by atoms with van der Waals surface area (Å²) in [6.45, 7) is 0. The largest absolute Gasteiger partial charge is 0.332 e. The first kappa shape index (κ1) is 12.4. The van der Waals surface area contributed by atoms with Crippen molar-refractivity contribution in [1.82, 2.24) is 20.1 Å². The van der Waals surface area contributed by atoms with Gasteiger partial charge in [-0.1, -0.05) is 5.16 Å². The normalized spacial score (nSPS) is 10.2. The predicted octanol–water partition coefficient (Wildman–Crippen LogP) is 2.83. The first-order chi connectivity index (χ1) is 9.78. The summed E-state index contributed by atoms with van der Waals surface area (Å²) >= 11 is 3.38. The average molecular weight is 328 g/mol. The van der Waals surface area contributed by atoms with E-state index in [1.807, 2.05) is 12.1 Å². The highest BCUT2D eigenvalue weighted by Gasteiger charge is 2.14. The molecule has 0 aromatic carbocycles. The Morgan fingerprint density at radius 3 is 2.80 bits per heavy atom. The number of hydrogen-bond donors (Lipinski definition) is 0. The molecular formula is C13H6BrN5O. The third kappa shape index (κ3) is 2.29. The SMILES string of the molecule is N#Cc1ccc(-c2nc(-c3ncccc3Br)no2)nc1. The van der Waals surface area contributed by atoms with Crippen molar-refractivity contribution < 1.29 is 4.52 Å². The Hall–Kier alpha value is -2.59.